The van der Waals surface area contributed by atoms with Gasteiger partial charge in [-0.25, -0.2) is 0 Å². The van der Waals surface area contributed by atoms with Crippen molar-refractivity contribution in [1.29, 1.82) is 10.5 Å². The molecule has 1 heterocycles. The number of para-hydroxylation sites is 1. The summed E-state index contributed by atoms with van der Waals surface area (Å²) in [5, 5.41) is 29.7. The third-order valence-electron chi connectivity index (χ3n) is 5.35. The molecule has 4 N–H and O–H groups in total. The molecule has 0 amide bonds. The summed E-state index contributed by atoms with van der Waals surface area (Å²) in [5.41, 5.74) is 10.6. The summed E-state index contributed by atoms with van der Waals surface area (Å²) in [5.74, 6) is 0.287. The molecule has 1 aromatic heterocycles. The van der Waals surface area contributed by atoms with Crippen molar-refractivity contribution < 1.29 is 0 Å². The minimum atomic E-state index is 0.0647. The lowest BCUT2D eigenvalue weighted by molar-refractivity contribution is 0.474. The quantitative estimate of drug-likeness (QED) is 0.461. The van der Waals surface area contributed by atoms with Gasteiger partial charge in [-0.15, -0.1) is 0 Å². The number of hydrogen-bond donors (Lipinski definition) is 3. The first-order valence-corrected chi connectivity index (χ1v) is 10.3. The van der Waals surface area contributed by atoms with Crippen LogP contribution in [0.4, 0.5) is 11.4 Å². The Hall–Kier alpha value is -3.81. The van der Waals surface area contributed by atoms with Gasteiger partial charge in [-0.2, -0.15) is 15.6 Å². The lowest BCUT2D eigenvalue weighted by Gasteiger charge is -2.21. The minimum absolute atomic E-state index is 0.0647. The van der Waals surface area contributed by atoms with Crippen LogP contribution in [0, 0.1) is 22.7 Å². The molecule has 158 valence electrons. The predicted molar refractivity (Wildman–Crippen MR) is 122 cm³/mol. The second-order valence-electron chi connectivity index (χ2n) is 7.60. The smallest absolute Gasteiger partial charge is 0.101 e. The Morgan fingerprint density at radius 1 is 1.10 bits per heavy atom. The number of aryl methyl sites for hydroxylation is 1. The van der Waals surface area contributed by atoms with E-state index in [0.717, 1.165) is 24.3 Å². The normalized spacial score (nSPS) is 12.5. The topological polar surface area (TPSA) is 115 Å². The minimum Gasteiger partial charge on any atom is -0.396 e. The van der Waals surface area contributed by atoms with Gasteiger partial charge in [0.1, 0.15) is 6.07 Å². The lowest BCUT2D eigenvalue weighted by Crippen LogP contribution is -2.28. The van der Waals surface area contributed by atoms with Crippen LogP contribution in [0.15, 0.2) is 54.7 Å². The van der Waals surface area contributed by atoms with Gasteiger partial charge in [-0.1, -0.05) is 25.1 Å². The van der Waals surface area contributed by atoms with E-state index in [4.69, 9.17) is 16.3 Å². The van der Waals surface area contributed by atoms with Crippen molar-refractivity contribution >= 4 is 11.4 Å². The highest BCUT2D eigenvalue weighted by molar-refractivity contribution is 5.72. The maximum absolute atomic E-state index is 9.16. The van der Waals surface area contributed by atoms with E-state index in [1.165, 1.54) is 5.56 Å². The largest absolute Gasteiger partial charge is 0.396 e. The summed E-state index contributed by atoms with van der Waals surface area (Å²) in [7, 11) is 1.91. The van der Waals surface area contributed by atoms with E-state index in [1.54, 1.807) is 10.7 Å². The second-order valence-corrected chi connectivity index (χ2v) is 7.60. The molecule has 0 fully saturated rings. The Balaban J connectivity index is 1.63. The number of nitrogens with one attached hydrogen (secondary N) is 2. The van der Waals surface area contributed by atoms with Crippen LogP contribution in [0.5, 0.6) is 0 Å². The van der Waals surface area contributed by atoms with Crippen molar-refractivity contribution in [3.63, 3.8) is 0 Å². The van der Waals surface area contributed by atoms with E-state index in [-0.39, 0.29) is 12.0 Å². The summed E-state index contributed by atoms with van der Waals surface area (Å²) in [4.78, 5) is 0. The number of anilines is 2. The van der Waals surface area contributed by atoms with E-state index >= 15 is 0 Å². The Morgan fingerprint density at radius 2 is 1.87 bits per heavy atom. The molecule has 0 radical (unpaired) electrons. The number of rotatable bonds is 9. The van der Waals surface area contributed by atoms with Crippen molar-refractivity contribution in [1.82, 2.24) is 15.1 Å². The van der Waals surface area contributed by atoms with Gasteiger partial charge in [-0.05, 0) is 48.2 Å². The predicted octanol–water partition coefficient (Wildman–Crippen LogP) is 3.68. The van der Waals surface area contributed by atoms with Gasteiger partial charge in [0.15, 0.2) is 0 Å². The Morgan fingerprint density at radius 3 is 2.52 bits per heavy atom. The fourth-order valence-corrected chi connectivity index (χ4v) is 3.46. The van der Waals surface area contributed by atoms with Crippen LogP contribution in [0.3, 0.4) is 0 Å². The molecular formula is C24H27N7. The molecular weight excluding hydrogens is 386 g/mol. The molecule has 0 saturated carbocycles. The molecule has 0 aliphatic heterocycles. The molecule has 0 bridgehead atoms. The highest BCUT2D eigenvalue weighted by Crippen LogP contribution is 2.23. The van der Waals surface area contributed by atoms with Gasteiger partial charge in [0, 0.05) is 26.3 Å². The van der Waals surface area contributed by atoms with Gasteiger partial charge < -0.3 is 16.4 Å². The van der Waals surface area contributed by atoms with E-state index in [0.29, 0.717) is 23.4 Å². The molecule has 2 unspecified atom stereocenters. The van der Waals surface area contributed by atoms with Crippen LogP contribution in [-0.4, -0.2) is 22.9 Å². The van der Waals surface area contributed by atoms with Gasteiger partial charge in [0.25, 0.3) is 0 Å². The molecule has 0 aliphatic carbocycles. The van der Waals surface area contributed by atoms with Crippen molar-refractivity contribution in [3.8, 4) is 12.1 Å². The summed E-state index contributed by atoms with van der Waals surface area (Å²) in [6.07, 6.45) is 2.74. The van der Waals surface area contributed by atoms with Crippen LogP contribution in [0.25, 0.3) is 0 Å². The van der Waals surface area contributed by atoms with Gasteiger partial charge >= 0.3 is 0 Å². The number of nitrogens with two attached hydrogens (primary N) is 1. The van der Waals surface area contributed by atoms with Crippen molar-refractivity contribution in [3.05, 3.63) is 77.1 Å². The maximum atomic E-state index is 9.16. The standard InChI is InChI=1S/C24H27N7/c1-17(19-8-6-18(14-25)7-9-19)16-29-21(22-11-13-31(2)30-22)10-12-28-23-5-3-4-20(15-26)24(23)27/h3-9,11,13,17,21,28-29H,10,12,16,27H2,1-2H3. The number of nitrogen functional groups attached to an aromatic ring is 1. The zero-order chi connectivity index (χ0) is 22.2. The first-order valence-electron chi connectivity index (χ1n) is 10.3. The molecule has 0 spiro atoms. The fourth-order valence-electron chi connectivity index (χ4n) is 3.46. The lowest BCUT2D eigenvalue weighted by atomic mass is 9.99. The van der Waals surface area contributed by atoms with E-state index in [9.17, 15) is 0 Å². The SMILES string of the molecule is CC(CNC(CCNc1cccc(C#N)c1N)c1ccn(C)n1)c1ccc(C#N)cc1. The van der Waals surface area contributed by atoms with Gasteiger partial charge in [0.05, 0.1) is 40.3 Å². The van der Waals surface area contributed by atoms with Crippen molar-refractivity contribution in [2.75, 3.05) is 24.1 Å². The van der Waals surface area contributed by atoms with Crippen LogP contribution < -0.4 is 16.4 Å². The summed E-state index contributed by atoms with van der Waals surface area (Å²) in [6, 6.07) is 19.5. The van der Waals surface area contributed by atoms with Crippen LogP contribution in [-0.2, 0) is 7.05 Å². The van der Waals surface area contributed by atoms with Gasteiger partial charge in [0.2, 0.25) is 0 Å². The highest BCUT2D eigenvalue weighted by Gasteiger charge is 2.16. The molecule has 2 aromatic carbocycles. The van der Waals surface area contributed by atoms with E-state index < -0.39 is 0 Å². The molecule has 2 atom stereocenters. The fraction of sp³-hybridized carbons (Fsp3) is 0.292. The number of nitrogens with zero attached hydrogens (tertiary/aromatic N) is 4. The second kappa shape index (κ2) is 10.3. The average Bonchev–Trinajstić information content (AvgIpc) is 3.23. The van der Waals surface area contributed by atoms with Crippen LogP contribution in [0.1, 0.15) is 47.7 Å². The Kier molecular flexibility index (Phi) is 7.26. The maximum Gasteiger partial charge on any atom is 0.101 e. The van der Waals surface area contributed by atoms with Crippen LogP contribution in [0.2, 0.25) is 0 Å². The number of aromatic nitrogens is 2. The average molecular weight is 414 g/mol. The van der Waals surface area contributed by atoms with Crippen molar-refractivity contribution in [2.45, 2.75) is 25.3 Å². The van der Waals surface area contributed by atoms with E-state index in [2.05, 4.69) is 34.8 Å². The molecule has 7 heteroatoms. The first kappa shape index (κ1) is 21.9. The Bertz CT molecular complexity index is 1090. The summed E-state index contributed by atoms with van der Waals surface area (Å²) < 4.78 is 1.80. The Labute approximate surface area is 183 Å². The summed E-state index contributed by atoms with van der Waals surface area (Å²) >= 11 is 0. The summed E-state index contributed by atoms with van der Waals surface area (Å²) in [6.45, 7) is 3.62. The zero-order valence-corrected chi connectivity index (χ0v) is 17.8. The molecule has 7 nitrogen and oxygen atoms in total. The first-order chi connectivity index (χ1) is 15.0. The zero-order valence-electron chi connectivity index (χ0n) is 17.8. The third-order valence-corrected chi connectivity index (χ3v) is 5.35. The number of nitriles is 2. The molecule has 31 heavy (non-hydrogen) atoms. The molecule has 0 saturated heterocycles. The third kappa shape index (κ3) is 5.63. The molecule has 0 aliphatic rings. The van der Waals surface area contributed by atoms with Gasteiger partial charge in [-0.3, -0.25) is 4.68 Å². The number of hydrogen-bond acceptors (Lipinski definition) is 6. The van der Waals surface area contributed by atoms with Crippen molar-refractivity contribution in [2.24, 2.45) is 7.05 Å². The van der Waals surface area contributed by atoms with E-state index in [1.807, 2.05) is 55.7 Å². The number of benzene rings is 2. The van der Waals surface area contributed by atoms with Crippen LogP contribution >= 0.6 is 0 Å². The monoisotopic (exact) mass is 413 g/mol. The molecule has 3 aromatic rings. The molecule has 3 rings (SSSR count). The highest BCUT2D eigenvalue weighted by atomic mass is 15.3.